The Kier molecular flexibility index (Phi) is 2.47. The van der Waals surface area contributed by atoms with Crippen molar-refractivity contribution in [2.75, 3.05) is 0 Å². The molecule has 2 aromatic rings. The summed E-state index contributed by atoms with van der Waals surface area (Å²) in [7, 11) is 0. The summed E-state index contributed by atoms with van der Waals surface area (Å²) in [5, 5.41) is 12.7. The number of hydrogen-bond acceptors (Lipinski definition) is 3. The lowest BCUT2D eigenvalue weighted by Gasteiger charge is -1.99. The van der Waals surface area contributed by atoms with Crippen LogP contribution in [0.15, 0.2) is 33.9 Å². The smallest absolute Gasteiger partial charge is 0.187 e. The highest BCUT2D eigenvalue weighted by Gasteiger charge is 2.02. The lowest BCUT2D eigenvalue weighted by molar-refractivity contribution is 0.280. The molecule has 0 aliphatic rings. The fraction of sp³-hybridized carbons (Fsp3) is 0.100. The number of aliphatic hydroxyl groups is 1. The van der Waals surface area contributed by atoms with Gasteiger partial charge in [-0.05, 0) is 11.4 Å². The number of pyridine rings is 1. The maximum atomic E-state index is 11.4. The molecule has 14 heavy (non-hydrogen) atoms. The molecule has 0 atom stereocenters. The lowest BCUT2D eigenvalue weighted by atomic mass is 10.2. The summed E-state index contributed by atoms with van der Waals surface area (Å²) in [6.07, 6.45) is 1.55. The highest BCUT2D eigenvalue weighted by atomic mass is 32.1. The summed E-state index contributed by atoms with van der Waals surface area (Å²) in [6.45, 7) is -0.223. The number of H-pyrrole nitrogens is 1. The summed E-state index contributed by atoms with van der Waals surface area (Å²) in [4.78, 5) is 14.4. The van der Waals surface area contributed by atoms with E-state index in [4.69, 9.17) is 5.11 Å². The van der Waals surface area contributed by atoms with Crippen LogP contribution in [0.2, 0.25) is 0 Å². The maximum absolute atomic E-state index is 11.4. The zero-order valence-electron chi connectivity index (χ0n) is 7.36. The fourth-order valence-corrected chi connectivity index (χ4v) is 1.87. The van der Waals surface area contributed by atoms with Gasteiger partial charge in [0.15, 0.2) is 5.43 Å². The Labute approximate surface area is 84.7 Å². The Morgan fingerprint density at radius 3 is 2.93 bits per heavy atom. The van der Waals surface area contributed by atoms with Gasteiger partial charge in [0.1, 0.15) is 0 Å². The van der Waals surface area contributed by atoms with Gasteiger partial charge in [0.05, 0.1) is 12.3 Å². The lowest BCUT2D eigenvalue weighted by Crippen LogP contribution is -2.08. The Morgan fingerprint density at radius 1 is 1.50 bits per heavy atom. The molecule has 0 unspecified atom stereocenters. The third kappa shape index (κ3) is 1.62. The Bertz CT molecular complexity index is 473. The predicted octanol–water partition coefficient (Wildman–Crippen LogP) is 1.60. The highest BCUT2D eigenvalue weighted by Crippen LogP contribution is 2.18. The molecule has 0 saturated heterocycles. The summed E-state index contributed by atoms with van der Waals surface area (Å²) >= 11 is 1.58. The molecule has 0 aliphatic heterocycles. The maximum Gasteiger partial charge on any atom is 0.187 e. The zero-order chi connectivity index (χ0) is 9.97. The number of hydrogen-bond donors (Lipinski definition) is 2. The number of aliphatic hydroxyl groups excluding tert-OH is 1. The van der Waals surface area contributed by atoms with Crippen molar-refractivity contribution in [3.8, 4) is 11.3 Å². The first-order valence-corrected chi connectivity index (χ1v) is 5.10. The van der Waals surface area contributed by atoms with Crippen molar-refractivity contribution in [1.82, 2.24) is 4.98 Å². The van der Waals surface area contributed by atoms with E-state index in [1.165, 1.54) is 6.07 Å². The summed E-state index contributed by atoms with van der Waals surface area (Å²) in [6, 6.07) is 3.45. The second kappa shape index (κ2) is 3.77. The van der Waals surface area contributed by atoms with Crippen molar-refractivity contribution in [3.05, 3.63) is 44.9 Å². The van der Waals surface area contributed by atoms with E-state index in [0.29, 0.717) is 5.56 Å². The van der Waals surface area contributed by atoms with Crippen LogP contribution in [-0.2, 0) is 6.61 Å². The standard InChI is InChI=1S/C10H9NO2S/c12-5-8-4-11-9(3-10(8)13)7-1-2-14-6-7/h1-4,6,12H,5H2,(H,11,13). The monoisotopic (exact) mass is 207 g/mol. The van der Waals surface area contributed by atoms with E-state index in [-0.39, 0.29) is 12.0 Å². The van der Waals surface area contributed by atoms with Gasteiger partial charge in [-0.3, -0.25) is 4.79 Å². The van der Waals surface area contributed by atoms with Crippen molar-refractivity contribution < 1.29 is 5.11 Å². The largest absolute Gasteiger partial charge is 0.391 e. The SMILES string of the molecule is O=c1cc(-c2ccsc2)[nH]cc1CO. The molecule has 0 aromatic carbocycles. The average molecular weight is 207 g/mol. The molecule has 0 fully saturated rings. The second-order valence-corrected chi connectivity index (χ2v) is 3.69. The molecular weight excluding hydrogens is 198 g/mol. The molecule has 0 aliphatic carbocycles. The van der Waals surface area contributed by atoms with E-state index in [9.17, 15) is 4.79 Å². The van der Waals surface area contributed by atoms with Crippen LogP contribution in [0.3, 0.4) is 0 Å². The van der Waals surface area contributed by atoms with Gasteiger partial charge in [-0.2, -0.15) is 11.3 Å². The van der Waals surface area contributed by atoms with Crippen molar-refractivity contribution in [1.29, 1.82) is 0 Å². The molecule has 0 bridgehead atoms. The number of rotatable bonds is 2. The van der Waals surface area contributed by atoms with E-state index in [1.54, 1.807) is 17.5 Å². The highest BCUT2D eigenvalue weighted by molar-refractivity contribution is 7.08. The molecule has 2 aromatic heterocycles. The van der Waals surface area contributed by atoms with Gasteiger partial charge in [0, 0.05) is 28.8 Å². The summed E-state index contributed by atoms with van der Waals surface area (Å²) < 4.78 is 0. The van der Waals surface area contributed by atoms with Crippen molar-refractivity contribution in [2.24, 2.45) is 0 Å². The number of nitrogens with one attached hydrogen (secondary N) is 1. The first kappa shape index (κ1) is 9.18. The second-order valence-electron chi connectivity index (χ2n) is 2.91. The van der Waals surface area contributed by atoms with Crippen molar-refractivity contribution >= 4 is 11.3 Å². The van der Waals surface area contributed by atoms with E-state index >= 15 is 0 Å². The fourth-order valence-electron chi connectivity index (χ4n) is 1.21. The van der Waals surface area contributed by atoms with Gasteiger partial charge in [-0.1, -0.05) is 0 Å². The molecule has 0 radical (unpaired) electrons. The molecule has 2 rings (SSSR count). The molecule has 72 valence electrons. The van der Waals surface area contributed by atoms with Crippen LogP contribution in [0.1, 0.15) is 5.56 Å². The molecule has 2 N–H and O–H groups in total. The van der Waals surface area contributed by atoms with Gasteiger partial charge in [0.25, 0.3) is 0 Å². The molecule has 0 spiro atoms. The van der Waals surface area contributed by atoms with E-state index in [2.05, 4.69) is 4.98 Å². The molecular formula is C10H9NO2S. The normalized spacial score (nSPS) is 10.4. The topological polar surface area (TPSA) is 53.1 Å². The predicted molar refractivity (Wildman–Crippen MR) is 56.3 cm³/mol. The van der Waals surface area contributed by atoms with Crippen molar-refractivity contribution in [2.45, 2.75) is 6.61 Å². The van der Waals surface area contributed by atoms with Crippen LogP contribution in [0.5, 0.6) is 0 Å². The third-order valence-corrected chi connectivity index (χ3v) is 2.68. The van der Waals surface area contributed by atoms with Crippen LogP contribution in [0.25, 0.3) is 11.3 Å². The minimum absolute atomic E-state index is 0.132. The first-order valence-electron chi connectivity index (χ1n) is 4.16. The van der Waals surface area contributed by atoms with Gasteiger partial charge in [-0.25, -0.2) is 0 Å². The number of aromatic amines is 1. The Balaban J connectivity index is 2.48. The summed E-state index contributed by atoms with van der Waals surface area (Å²) in [5.41, 5.74) is 2.04. The number of thiophene rings is 1. The molecule has 0 amide bonds. The molecule has 4 heteroatoms. The van der Waals surface area contributed by atoms with E-state index in [0.717, 1.165) is 11.3 Å². The van der Waals surface area contributed by atoms with Gasteiger partial charge in [-0.15, -0.1) is 0 Å². The Hall–Kier alpha value is -1.39. The molecule has 0 saturated carbocycles. The van der Waals surface area contributed by atoms with Crippen LogP contribution in [0.4, 0.5) is 0 Å². The van der Waals surface area contributed by atoms with E-state index in [1.807, 2.05) is 16.8 Å². The molecule has 2 heterocycles. The van der Waals surface area contributed by atoms with Crippen molar-refractivity contribution in [3.63, 3.8) is 0 Å². The van der Waals surface area contributed by atoms with Crippen LogP contribution in [-0.4, -0.2) is 10.1 Å². The number of aromatic nitrogens is 1. The van der Waals surface area contributed by atoms with Gasteiger partial charge >= 0.3 is 0 Å². The third-order valence-electron chi connectivity index (χ3n) is 2.00. The van der Waals surface area contributed by atoms with Gasteiger partial charge < -0.3 is 10.1 Å². The first-order chi connectivity index (χ1) is 6.81. The minimum Gasteiger partial charge on any atom is -0.391 e. The van der Waals surface area contributed by atoms with Crippen LogP contribution in [0, 0.1) is 0 Å². The Morgan fingerprint density at radius 2 is 2.36 bits per heavy atom. The van der Waals surface area contributed by atoms with Crippen LogP contribution < -0.4 is 5.43 Å². The average Bonchev–Trinajstić information content (AvgIpc) is 2.70. The van der Waals surface area contributed by atoms with Crippen LogP contribution >= 0.6 is 11.3 Å². The van der Waals surface area contributed by atoms with E-state index < -0.39 is 0 Å². The van der Waals surface area contributed by atoms with Gasteiger partial charge in [0.2, 0.25) is 0 Å². The minimum atomic E-state index is -0.223. The quantitative estimate of drug-likeness (QED) is 0.785. The summed E-state index contributed by atoms with van der Waals surface area (Å²) in [5.74, 6) is 0. The molecule has 3 nitrogen and oxygen atoms in total. The zero-order valence-corrected chi connectivity index (χ0v) is 8.17.